The number of aromatic hydroxyl groups is 1. The zero-order valence-electron chi connectivity index (χ0n) is 25.7. The van der Waals surface area contributed by atoms with E-state index in [4.69, 9.17) is 4.74 Å². The highest BCUT2D eigenvalue weighted by Crippen LogP contribution is 2.36. The number of likely N-dealkylation sites (N-methyl/N-ethyl adjacent to an activating group) is 1. The molecule has 2 heterocycles. The second-order valence-corrected chi connectivity index (χ2v) is 12.7. The zero-order chi connectivity index (χ0) is 31.9. The quantitative estimate of drug-likeness (QED) is 0.284. The van der Waals surface area contributed by atoms with Gasteiger partial charge < -0.3 is 20.1 Å². The summed E-state index contributed by atoms with van der Waals surface area (Å²) in [6.45, 7) is 2.25. The SMILES string of the molecule is CC(C(=O)NC(C(=O)N1CCCC1c1nc(C(=O)c2cccc(O)c2)cs1)C1CCCCC1)N(C)C(=O)OCc1ccccc1. The van der Waals surface area contributed by atoms with Gasteiger partial charge in [-0.05, 0) is 56.2 Å². The Kier molecular flexibility index (Phi) is 10.5. The number of amides is 3. The highest BCUT2D eigenvalue weighted by atomic mass is 32.1. The normalized spacial score (nSPS) is 18.2. The van der Waals surface area contributed by atoms with E-state index < -0.39 is 24.1 Å². The molecule has 1 aliphatic carbocycles. The van der Waals surface area contributed by atoms with E-state index >= 15 is 0 Å². The van der Waals surface area contributed by atoms with E-state index in [0.29, 0.717) is 23.5 Å². The molecule has 3 amide bonds. The monoisotopic (exact) mass is 632 g/mol. The third-order valence-corrected chi connectivity index (χ3v) is 9.77. The lowest BCUT2D eigenvalue weighted by molar-refractivity contribution is -0.140. The number of thiazole rings is 1. The second-order valence-electron chi connectivity index (χ2n) is 11.9. The number of hydrogen-bond donors (Lipinski definition) is 2. The standard InChI is InChI=1S/C34H40N4O6S/c1-22(37(2)34(43)44-20-23-11-5-3-6-12-23)31(41)36-29(24-13-7-4-8-14-24)33(42)38-18-10-17-28(38)32-35-27(21-45-32)30(40)25-15-9-16-26(39)19-25/h3,5-6,9,11-12,15-16,19,21-22,24,28-29,39H,4,7-8,10,13-14,17-18,20H2,1-2H3,(H,36,41). The van der Waals surface area contributed by atoms with E-state index in [1.165, 1.54) is 35.4 Å². The number of phenolic OH excluding ortho intramolecular Hbond substituents is 1. The summed E-state index contributed by atoms with van der Waals surface area (Å²) < 4.78 is 5.42. The van der Waals surface area contributed by atoms with Crippen molar-refractivity contribution < 1.29 is 29.0 Å². The predicted molar refractivity (Wildman–Crippen MR) is 170 cm³/mol. The van der Waals surface area contributed by atoms with Crippen LogP contribution in [0.4, 0.5) is 4.79 Å². The number of likely N-dealkylation sites (tertiary alicyclic amines) is 1. The number of ketones is 1. The molecule has 3 unspecified atom stereocenters. The average molecular weight is 633 g/mol. The molecule has 11 heteroatoms. The molecule has 10 nitrogen and oxygen atoms in total. The largest absolute Gasteiger partial charge is 0.508 e. The Hall–Kier alpha value is -4.25. The van der Waals surface area contributed by atoms with Crippen molar-refractivity contribution in [2.75, 3.05) is 13.6 Å². The van der Waals surface area contributed by atoms with Gasteiger partial charge >= 0.3 is 6.09 Å². The summed E-state index contributed by atoms with van der Waals surface area (Å²) >= 11 is 1.34. The van der Waals surface area contributed by atoms with Gasteiger partial charge in [0.2, 0.25) is 17.6 Å². The van der Waals surface area contributed by atoms with E-state index in [-0.39, 0.29) is 41.7 Å². The summed E-state index contributed by atoms with van der Waals surface area (Å²) in [7, 11) is 1.52. The Labute approximate surface area is 267 Å². The number of carbonyl (C=O) groups is 4. The molecule has 1 aliphatic heterocycles. The Balaban J connectivity index is 1.28. The number of phenols is 1. The minimum atomic E-state index is -0.855. The van der Waals surface area contributed by atoms with Crippen LogP contribution in [0.1, 0.15) is 84.5 Å². The first-order chi connectivity index (χ1) is 21.7. The first-order valence-corrected chi connectivity index (χ1v) is 16.4. The van der Waals surface area contributed by atoms with Gasteiger partial charge in [0.1, 0.15) is 35.1 Å². The summed E-state index contributed by atoms with van der Waals surface area (Å²) in [4.78, 5) is 61.2. The summed E-state index contributed by atoms with van der Waals surface area (Å²) in [5.41, 5.74) is 1.46. The molecule has 2 aromatic carbocycles. The van der Waals surface area contributed by atoms with Crippen molar-refractivity contribution in [2.45, 2.75) is 76.6 Å². The summed E-state index contributed by atoms with van der Waals surface area (Å²) in [5, 5.41) is 15.2. The molecule has 0 bridgehead atoms. The maximum absolute atomic E-state index is 14.2. The van der Waals surface area contributed by atoms with Crippen molar-refractivity contribution in [1.82, 2.24) is 20.1 Å². The minimum Gasteiger partial charge on any atom is -0.508 e. The van der Waals surface area contributed by atoms with E-state index in [1.54, 1.807) is 29.3 Å². The van der Waals surface area contributed by atoms with Gasteiger partial charge in [-0.1, -0.05) is 61.7 Å². The molecule has 0 radical (unpaired) electrons. The van der Waals surface area contributed by atoms with Crippen molar-refractivity contribution in [3.63, 3.8) is 0 Å². The van der Waals surface area contributed by atoms with E-state index in [2.05, 4.69) is 10.3 Å². The maximum atomic E-state index is 14.2. The summed E-state index contributed by atoms with van der Waals surface area (Å²) in [6, 6.07) is 13.6. The van der Waals surface area contributed by atoms with Crippen LogP contribution in [0, 0.1) is 5.92 Å². The lowest BCUT2D eigenvalue weighted by atomic mass is 9.83. The lowest BCUT2D eigenvalue weighted by Gasteiger charge is -2.35. The number of hydrogen-bond acceptors (Lipinski definition) is 8. The highest BCUT2D eigenvalue weighted by molar-refractivity contribution is 7.10. The Morgan fingerprint density at radius 2 is 1.80 bits per heavy atom. The van der Waals surface area contributed by atoms with Crippen LogP contribution in [-0.4, -0.2) is 69.3 Å². The minimum absolute atomic E-state index is 0.00394. The van der Waals surface area contributed by atoms with E-state index in [9.17, 15) is 24.3 Å². The van der Waals surface area contributed by atoms with Crippen LogP contribution in [0.2, 0.25) is 0 Å². The van der Waals surface area contributed by atoms with E-state index in [1.807, 2.05) is 30.3 Å². The molecule has 1 saturated carbocycles. The average Bonchev–Trinajstić information content (AvgIpc) is 3.76. The van der Waals surface area contributed by atoms with Crippen LogP contribution in [0.5, 0.6) is 5.75 Å². The number of nitrogens with one attached hydrogen (secondary N) is 1. The molecule has 45 heavy (non-hydrogen) atoms. The van der Waals surface area contributed by atoms with Gasteiger partial charge in [-0.3, -0.25) is 19.3 Å². The smallest absolute Gasteiger partial charge is 0.410 e. The fourth-order valence-electron chi connectivity index (χ4n) is 6.08. The van der Waals surface area contributed by atoms with Crippen molar-refractivity contribution in [3.05, 3.63) is 81.8 Å². The maximum Gasteiger partial charge on any atom is 0.410 e. The number of carbonyl (C=O) groups excluding carboxylic acids is 4. The number of ether oxygens (including phenoxy) is 1. The van der Waals surface area contributed by atoms with Gasteiger partial charge in [0.15, 0.2) is 0 Å². The highest BCUT2D eigenvalue weighted by Gasteiger charge is 2.40. The fourth-order valence-corrected chi connectivity index (χ4v) is 7.03. The zero-order valence-corrected chi connectivity index (χ0v) is 26.5. The predicted octanol–water partition coefficient (Wildman–Crippen LogP) is 5.47. The van der Waals surface area contributed by atoms with Crippen LogP contribution in [0.25, 0.3) is 0 Å². The molecule has 3 aromatic rings. The first kappa shape index (κ1) is 32.2. The molecule has 0 spiro atoms. The molecule has 2 N–H and O–H groups in total. The number of rotatable bonds is 10. The first-order valence-electron chi connectivity index (χ1n) is 15.6. The fraction of sp³-hybridized carbons (Fsp3) is 0.441. The van der Waals surface area contributed by atoms with Crippen molar-refractivity contribution in [1.29, 1.82) is 0 Å². The Morgan fingerprint density at radius 3 is 2.53 bits per heavy atom. The molecule has 2 fully saturated rings. The van der Waals surface area contributed by atoms with Crippen LogP contribution in [0.3, 0.4) is 0 Å². The molecule has 5 rings (SSSR count). The van der Waals surface area contributed by atoms with Gasteiger partial charge in [-0.25, -0.2) is 9.78 Å². The number of aromatic nitrogens is 1. The third kappa shape index (κ3) is 7.70. The van der Waals surface area contributed by atoms with Gasteiger partial charge in [0.05, 0.1) is 6.04 Å². The molecular weight excluding hydrogens is 592 g/mol. The number of benzene rings is 2. The van der Waals surface area contributed by atoms with Gasteiger partial charge in [-0.15, -0.1) is 11.3 Å². The van der Waals surface area contributed by atoms with Crippen LogP contribution in [-0.2, 0) is 20.9 Å². The van der Waals surface area contributed by atoms with Crippen LogP contribution >= 0.6 is 11.3 Å². The van der Waals surface area contributed by atoms with Crippen molar-refractivity contribution >= 4 is 35.0 Å². The number of nitrogens with zero attached hydrogens (tertiary/aromatic N) is 3. The molecule has 1 aromatic heterocycles. The van der Waals surface area contributed by atoms with Crippen molar-refractivity contribution in [3.8, 4) is 5.75 Å². The summed E-state index contributed by atoms with van der Waals surface area (Å²) in [6.07, 6.45) is 5.60. The second kappa shape index (κ2) is 14.7. The van der Waals surface area contributed by atoms with Crippen molar-refractivity contribution in [2.24, 2.45) is 5.92 Å². The van der Waals surface area contributed by atoms with E-state index in [0.717, 1.165) is 44.1 Å². The Morgan fingerprint density at radius 1 is 1.04 bits per heavy atom. The van der Waals surface area contributed by atoms with Gasteiger partial charge in [0.25, 0.3) is 0 Å². The Bertz CT molecular complexity index is 1510. The molecule has 1 saturated heterocycles. The molecule has 238 valence electrons. The van der Waals surface area contributed by atoms with Crippen LogP contribution < -0.4 is 5.32 Å². The topological polar surface area (TPSA) is 129 Å². The summed E-state index contributed by atoms with van der Waals surface area (Å²) in [5.74, 6) is -0.878. The molecule has 2 aliphatic rings. The lowest BCUT2D eigenvalue weighted by Crippen LogP contribution is -2.56. The molecule has 3 atom stereocenters. The molecular formula is C34H40N4O6S. The van der Waals surface area contributed by atoms with Crippen LogP contribution in [0.15, 0.2) is 60.0 Å². The van der Waals surface area contributed by atoms with Gasteiger partial charge in [-0.2, -0.15) is 0 Å². The van der Waals surface area contributed by atoms with Gasteiger partial charge in [0, 0.05) is 24.5 Å². The third-order valence-electron chi connectivity index (χ3n) is 8.82.